The second-order valence-electron chi connectivity index (χ2n) is 5.30. The molecule has 1 atom stereocenters. The minimum absolute atomic E-state index is 0.483. The molecule has 0 amide bonds. The lowest BCUT2D eigenvalue weighted by molar-refractivity contribution is 0.351. The highest BCUT2D eigenvalue weighted by Crippen LogP contribution is 2.26. The molecule has 1 aliphatic heterocycles. The summed E-state index contributed by atoms with van der Waals surface area (Å²) in [5, 5.41) is 0. The molecule has 1 saturated heterocycles. The Kier molecular flexibility index (Phi) is 4.36. The van der Waals surface area contributed by atoms with E-state index in [9.17, 15) is 0 Å². The topological polar surface area (TPSA) is 67.1 Å². The van der Waals surface area contributed by atoms with E-state index in [0.717, 1.165) is 30.7 Å². The van der Waals surface area contributed by atoms with Gasteiger partial charge in [0, 0.05) is 19.3 Å². The van der Waals surface area contributed by atoms with E-state index in [1.54, 1.807) is 6.20 Å². The Morgan fingerprint density at radius 3 is 2.94 bits per heavy atom. The van der Waals surface area contributed by atoms with E-state index in [0.29, 0.717) is 5.95 Å². The lowest BCUT2D eigenvalue weighted by Crippen LogP contribution is -2.26. The smallest absolute Gasteiger partial charge is 0.239 e. The van der Waals surface area contributed by atoms with Gasteiger partial charge in [0.25, 0.3) is 0 Å². The Morgan fingerprint density at radius 2 is 2.22 bits per heavy atom. The van der Waals surface area contributed by atoms with Gasteiger partial charge in [0.15, 0.2) is 0 Å². The molecule has 0 aliphatic carbocycles. The van der Waals surface area contributed by atoms with Gasteiger partial charge in [-0.25, -0.2) is 10.8 Å². The van der Waals surface area contributed by atoms with Gasteiger partial charge in [-0.15, -0.1) is 0 Å². The first kappa shape index (κ1) is 13.1. The average molecular weight is 249 g/mol. The van der Waals surface area contributed by atoms with Crippen LogP contribution in [0, 0.1) is 11.8 Å². The molecular formula is C13H23N5. The highest BCUT2D eigenvalue weighted by atomic mass is 15.3. The molecule has 18 heavy (non-hydrogen) atoms. The summed E-state index contributed by atoms with van der Waals surface area (Å²) in [5.41, 5.74) is 2.50. The minimum Gasteiger partial charge on any atom is -0.356 e. The molecule has 0 radical (unpaired) electrons. The number of nitrogens with zero attached hydrogens (tertiary/aromatic N) is 3. The third kappa shape index (κ3) is 3.10. The normalized spacial score (nSPS) is 20.9. The first-order valence-electron chi connectivity index (χ1n) is 6.75. The highest BCUT2D eigenvalue weighted by Gasteiger charge is 2.20. The van der Waals surface area contributed by atoms with Crippen molar-refractivity contribution in [1.29, 1.82) is 0 Å². The second kappa shape index (κ2) is 6.00. The molecule has 0 bridgehead atoms. The molecule has 5 nitrogen and oxygen atoms in total. The quantitative estimate of drug-likeness (QED) is 0.633. The summed E-state index contributed by atoms with van der Waals surface area (Å²) in [6, 6.07) is 1.95. The van der Waals surface area contributed by atoms with Gasteiger partial charge in [0.05, 0.1) is 0 Å². The van der Waals surface area contributed by atoms with Crippen molar-refractivity contribution in [3.8, 4) is 0 Å². The Morgan fingerprint density at radius 1 is 1.39 bits per heavy atom. The van der Waals surface area contributed by atoms with E-state index in [1.807, 2.05) is 6.07 Å². The predicted octanol–water partition coefficient (Wildman–Crippen LogP) is 2.02. The molecule has 1 fully saturated rings. The fraction of sp³-hybridized carbons (Fsp3) is 0.692. The van der Waals surface area contributed by atoms with Crippen LogP contribution in [0.3, 0.4) is 0 Å². The van der Waals surface area contributed by atoms with Crippen molar-refractivity contribution in [3.63, 3.8) is 0 Å². The molecule has 3 N–H and O–H groups in total. The molecule has 1 aromatic heterocycles. The van der Waals surface area contributed by atoms with Gasteiger partial charge in [-0.1, -0.05) is 13.8 Å². The molecule has 1 aliphatic rings. The number of hydrogen-bond donors (Lipinski definition) is 2. The first-order chi connectivity index (χ1) is 8.70. The fourth-order valence-corrected chi connectivity index (χ4v) is 2.61. The summed E-state index contributed by atoms with van der Waals surface area (Å²) in [7, 11) is 0. The van der Waals surface area contributed by atoms with Crippen molar-refractivity contribution in [2.24, 2.45) is 17.7 Å². The number of rotatable bonds is 3. The average Bonchev–Trinajstić information content (AvgIpc) is 2.64. The minimum atomic E-state index is 0.483. The van der Waals surface area contributed by atoms with E-state index in [1.165, 1.54) is 19.3 Å². The van der Waals surface area contributed by atoms with E-state index < -0.39 is 0 Å². The first-order valence-corrected chi connectivity index (χ1v) is 6.75. The zero-order valence-electron chi connectivity index (χ0n) is 11.3. The second-order valence-corrected chi connectivity index (χ2v) is 5.30. The van der Waals surface area contributed by atoms with Crippen LogP contribution < -0.4 is 16.2 Å². The van der Waals surface area contributed by atoms with Gasteiger partial charge in [0.1, 0.15) is 5.82 Å². The Bertz CT molecular complexity index is 379. The van der Waals surface area contributed by atoms with Crippen LogP contribution in [0.1, 0.15) is 33.1 Å². The largest absolute Gasteiger partial charge is 0.356 e. The lowest BCUT2D eigenvalue weighted by atomic mass is 9.89. The van der Waals surface area contributed by atoms with E-state index in [2.05, 4.69) is 34.1 Å². The number of hydrazine groups is 1. The van der Waals surface area contributed by atoms with Crippen LogP contribution in [0.25, 0.3) is 0 Å². The molecule has 0 saturated carbocycles. The van der Waals surface area contributed by atoms with Crippen molar-refractivity contribution in [1.82, 2.24) is 9.97 Å². The van der Waals surface area contributed by atoms with Gasteiger partial charge in [-0.05, 0) is 37.2 Å². The van der Waals surface area contributed by atoms with Gasteiger partial charge in [-0.2, -0.15) is 4.98 Å². The SMILES string of the molecule is CC(C)C1CCCN(c2ccnc(NN)n2)CC1. The van der Waals surface area contributed by atoms with E-state index >= 15 is 0 Å². The molecule has 0 spiro atoms. The van der Waals surface area contributed by atoms with Crippen LogP contribution in [-0.4, -0.2) is 23.1 Å². The van der Waals surface area contributed by atoms with Crippen LogP contribution in [0.4, 0.5) is 11.8 Å². The summed E-state index contributed by atoms with van der Waals surface area (Å²) in [5.74, 6) is 8.42. The molecule has 2 heterocycles. The Balaban J connectivity index is 2.04. The maximum absolute atomic E-state index is 5.35. The highest BCUT2D eigenvalue weighted by molar-refractivity contribution is 5.42. The van der Waals surface area contributed by atoms with Gasteiger partial charge < -0.3 is 4.90 Å². The number of hydrogen-bond acceptors (Lipinski definition) is 5. The van der Waals surface area contributed by atoms with Crippen LogP contribution in [0.2, 0.25) is 0 Å². The molecular weight excluding hydrogens is 226 g/mol. The molecule has 1 aromatic rings. The van der Waals surface area contributed by atoms with Gasteiger partial charge in [-0.3, -0.25) is 5.43 Å². The van der Waals surface area contributed by atoms with Crippen LogP contribution in [0.5, 0.6) is 0 Å². The molecule has 5 heteroatoms. The number of nitrogen functional groups attached to an aromatic ring is 1. The maximum atomic E-state index is 5.35. The van der Waals surface area contributed by atoms with Gasteiger partial charge >= 0.3 is 0 Å². The summed E-state index contributed by atoms with van der Waals surface area (Å²) in [6.45, 7) is 6.79. The van der Waals surface area contributed by atoms with E-state index in [-0.39, 0.29) is 0 Å². The zero-order valence-corrected chi connectivity index (χ0v) is 11.3. The van der Waals surface area contributed by atoms with Crippen LogP contribution >= 0.6 is 0 Å². The number of nitrogens with one attached hydrogen (secondary N) is 1. The van der Waals surface area contributed by atoms with Crippen molar-refractivity contribution >= 4 is 11.8 Å². The standard InChI is InChI=1S/C13H23N5/c1-10(2)11-4-3-8-18(9-6-11)12-5-7-15-13(16-12)17-14/h5,7,10-11H,3-4,6,8-9,14H2,1-2H3,(H,15,16,17). The van der Waals surface area contributed by atoms with Crippen molar-refractivity contribution in [2.45, 2.75) is 33.1 Å². The van der Waals surface area contributed by atoms with Crippen LogP contribution in [-0.2, 0) is 0 Å². The molecule has 2 rings (SSSR count). The molecule has 100 valence electrons. The number of anilines is 2. The third-order valence-corrected chi connectivity index (χ3v) is 3.81. The summed E-state index contributed by atoms with van der Waals surface area (Å²) in [6.07, 6.45) is 5.55. The Hall–Kier alpha value is -1.36. The molecule has 1 unspecified atom stereocenters. The zero-order chi connectivity index (χ0) is 13.0. The third-order valence-electron chi connectivity index (χ3n) is 3.81. The monoisotopic (exact) mass is 249 g/mol. The lowest BCUT2D eigenvalue weighted by Gasteiger charge is -2.22. The number of nitrogens with two attached hydrogens (primary N) is 1. The Labute approximate surface area is 109 Å². The van der Waals surface area contributed by atoms with Crippen molar-refractivity contribution in [3.05, 3.63) is 12.3 Å². The summed E-state index contributed by atoms with van der Waals surface area (Å²) in [4.78, 5) is 10.8. The number of aromatic nitrogens is 2. The fourth-order valence-electron chi connectivity index (χ4n) is 2.61. The predicted molar refractivity (Wildman–Crippen MR) is 74.2 cm³/mol. The van der Waals surface area contributed by atoms with Gasteiger partial charge in [0.2, 0.25) is 5.95 Å². The van der Waals surface area contributed by atoms with Crippen molar-refractivity contribution < 1.29 is 0 Å². The van der Waals surface area contributed by atoms with Crippen LogP contribution in [0.15, 0.2) is 12.3 Å². The summed E-state index contributed by atoms with van der Waals surface area (Å²) < 4.78 is 0. The molecule has 0 aromatic carbocycles. The van der Waals surface area contributed by atoms with Crippen molar-refractivity contribution in [2.75, 3.05) is 23.4 Å². The maximum Gasteiger partial charge on any atom is 0.239 e. The van der Waals surface area contributed by atoms with E-state index in [4.69, 9.17) is 5.84 Å². The summed E-state index contributed by atoms with van der Waals surface area (Å²) >= 11 is 0.